The van der Waals surface area contributed by atoms with Gasteiger partial charge in [0.1, 0.15) is 11.6 Å². The molecule has 1 amide bonds. The number of hydrogen-bond acceptors (Lipinski definition) is 4. The highest BCUT2D eigenvalue weighted by Gasteiger charge is 2.32. The van der Waals surface area contributed by atoms with E-state index in [2.05, 4.69) is 4.57 Å². The molecule has 0 spiro atoms. The van der Waals surface area contributed by atoms with Crippen LogP contribution in [-0.2, 0) is 0 Å². The van der Waals surface area contributed by atoms with Crippen LogP contribution in [0.4, 0.5) is 4.39 Å². The number of hydrogen-bond donors (Lipinski definition) is 0. The van der Waals surface area contributed by atoms with Crippen LogP contribution >= 0.6 is 0 Å². The molecule has 1 aromatic heterocycles. The van der Waals surface area contributed by atoms with Crippen molar-refractivity contribution >= 4 is 16.9 Å². The number of nitrogens with zero attached hydrogens (tertiary/aromatic N) is 3. The van der Waals surface area contributed by atoms with Crippen molar-refractivity contribution < 1.29 is 18.7 Å². The predicted octanol–water partition coefficient (Wildman–Crippen LogP) is 4.65. The third kappa shape index (κ3) is 3.14. The molecular weight excluding hydrogens is 397 g/mol. The highest BCUT2D eigenvalue weighted by atomic mass is 19.1. The maximum atomic E-state index is 13.8. The summed E-state index contributed by atoms with van der Waals surface area (Å²) in [5.41, 5.74) is 2.37. The van der Waals surface area contributed by atoms with Crippen molar-refractivity contribution in [2.75, 3.05) is 19.9 Å². The number of piperidine rings is 1. The number of benzene rings is 2. The van der Waals surface area contributed by atoms with Gasteiger partial charge in [-0.05, 0) is 56.0 Å². The Kier molecular flexibility index (Phi) is 4.37. The molecule has 1 aliphatic carbocycles. The van der Waals surface area contributed by atoms with Crippen molar-refractivity contribution in [3.8, 4) is 11.5 Å². The minimum absolute atomic E-state index is 0.0218. The van der Waals surface area contributed by atoms with E-state index in [0.29, 0.717) is 36.1 Å². The molecule has 31 heavy (non-hydrogen) atoms. The summed E-state index contributed by atoms with van der Waals surface area (Å²) >= 11 is 0. The van der Waals surface area contributed by atoms with Gasteiger partial charge >= 0.3 is 0 Å². The van der Waals surface area contributed by atoms with E-state index in [1.54, 1.807) is 18.2 Å². The molecule has 0 radical (unpaired) electrons. The lowest BCUT2D eigenvalue weighted by Gasteiger charge is -2.35. The number of aromatic nitrogens is 2. The molecule has 6 rings (SSSR count). The standard InChI is InChI=1S/C24H24FN3O3/c25-17-5-6-20-19(13-17)26-23(15-2-1-3-15)28(20)18-8-10-27(11-9-18)24(29)16-4-7-21-22(12-16)31-14-30-21/h4-7,12-13,15,18H,1-3,8-11,14H2. The second-order valence-corrected chi connectivity index (χ2v) is 8.69. The topological polar surface area (TPSA) is 56.6 Å². The van der Waals surface area contributed by atoms with Crippen molar-refractivity contribution in [2.24, 2.45) is 0 Å². The highest BCUT2D eigenvalue weighted by molar-refractivity contribution is 5.95. The number of rotatable bonds is 3. The third-order valence-corrected chi connectivity index (χ3v) is 6.89. The molecule has 6 nitrogen and oxygen atoms in total. The molecular formula is C24H24FN3O3. The molecule has 3 aliphatic rings. The average molecular weight is 421 g/mol. The lowest BCUT2D eigenvalue weighted by molar-refractivity contribution is 0.0693. The summed E-state index contributed by atoms with van der Waals surface area (Å²) in [5, 5.41) is 0. The molecule has 2 aliphatic heterocycles. The van der Waals surface area contributed by atoms with Crippen molar-refractivity contribution in [1.82, 2.24) is 14.5 Å². The van der Waals surface area contributed by atoms with Crippen molar-refractivity contribution in [1.29, 1.82) is 0 Å². The van der Waals surface area contributed by atoms with Gasteiger partial charge in [-0.3, -0.25) is 4.79 Å². The summed E-state index contributed by atoms with van der Waals surface area (Å²) in [5.74, 6) is 2.64. The summed E-state index contributed by atoms with van der Waals surface area (Å²) in [6.07, 6.45) is 5.24. The van der Waals surface area contributed by atoms with Crippen molar-refractivity contribution in [3.05, 3.63) is 53.6 Å². The number of likely N-dealkylation sites (tertiary alicyclic amines) is 1. The minimum atomic E-state index is -0.249. The molecule has 3 heterocycles. The third-order valence-electron chi connectivity index (χ3n) is 6.89. The van der Waals surface area contributed by atoms with Gasteiger partial charge in [0.25, 0.3) is 5.91 Å². The lowest BCUT2D eigenvalue weighted by atomic mass is 9.84. The van der Waals surface area contributed by atoms with Gasteiger partial charge in [-0.15, -0.1) is 0 Å². The number of carbonyl (C=O) groups excluding carboxylic acids is 1. The van der Waals surface area contributed by atoms with Crippen molar-refractivity contribution in [3.63, 3.8) is 0 Å². The average Bonchev–Trinajstić information content (AvgIpc) is 3.35. The van der Waals surface area contributed by atoms with Crippen LogP contribution in [0.2, 0.25) is 0 Å². The largest absolute Gasteiger partial charge is 0.454 e. The van der Waals surface area contributed by atoms with Crippen LogP contribution in [0.3, 0.4) is 0 Å². The van der Waals surface area contributed by atoms with E-state index in [1.165, 1.54) is 18.6 Å². The Hall–Kier alpha value is -3.09. The zero-order chi connectivity index (χ0) is 20.9. The maximum Gasteiger partial charge on any atom is 0.253 e. The summed E-state index contributed by atoms with van der Waals surface area (Å²) in [4.78, 5) is 19.8. The number of fused-ring (bicyclic) bond motifs is 2. The highest BCUT2D eigenvalue weighted by Crippen LogP contribution is 2.40. The van der Waals surface area contributed by atoms with E-state index in [9.17, 15) is 9.18 Å². The van der Waals surface area contributed by atoms with Crippen LogP contribution in [0.15, 0.2) is 36.4 Å². The van der Waals surface area contributed by atoms with E-state index < -0.39 is 0 Å². The smallest absolute Gasteiger partial charge is 0.253 e. The SMILES string of the molecule is O=C(c1ccc2c(c1)OCO2)N1CCC(n2c(C3CCC3)nc3cc(F)ccc32)CC1. The zero-order valence-electron chi connectivity index (χ0n) is 17.2. The first kappa shape index (κ1) is 18.7. The first-order valence-corrected chi connectivity index (χ1v) is 11.0. The van der Waals surface area contributed by atoms with E-state index in [-0.39, 0.29) is 24.6 Å². The quantitative estimate of drug-likeness (QED) is 0.618. The fraction of sp³-hybridized carbons (Fsp3) is 0.417. The fourth-order valence-electron chi connectivity index (χ4n) is 4.97. The van der Waals surface area contributed by atoms with Crippen LogP contribution in [0.1, 0.15) is 60.2 Å². The number of ether oxygens (including phenoxy) is 2. The second kappa shape index (κ2) is 7.25. The maximum absolute atomic E-state index is 13.8. The fourth-order valence-corrected chi connectivity index (χ4v) is 4.97. The zero-order valence-corrected chi connectivity index (χ0v) is 17.2. The Morgan fingerprint density at radius 1 is 1.00 bits per heavy atom. The van der Waals surface area contributed by atoms with Gasteiger partial charge < -0.3 is 18.9 Å². The number of amides is 1. The minimum Gasteiger partial charge on any atom is -0.454 e. The second-order valence-electron chi connectivity index (χ2n) is 8.69. The van der Waals surface area contributed by atoms with E-state index in [4.69, 9.17) is 14.5 Å². The molecule has 7 heteroatoms. The Morgan fingerprint density at radius 2 is 1.81 bits per heavy atom. The van der Waals surface area contributed by atoms with Gasteiger partial charge in [0.2, 0.25) is 6.79 Å². The molecule has 0 unspecified atom stereocenters. The normalized spacial score (nSPS) is 19.1. The van der Waals surface area contributed by atoms with Crippen LogP contribution in [0.25, 0.3) is 11.0 Å². The van der Waals surface area contributed by atoms with Crippen molar-refractivity contribution in [2.45, 2.75) is 44.1 Å². The first-order chi connectivity index (χ1) is 15.2. The van der Waals surface area contributed by atoms with E-state index >= 15 is 0 Å². The van der Waals surface area contributed by atoms with Gasteiger partial charge in [0.15, 0.2) is 11.5 Å². The van der Waals surface area contributed by atoms with Crippen LogP contribution in [-0.4, -0.2) is 40.2 Å². The number of imidazole rings is 1. The summed E-state index contributed by atoms with van der Waals surface area (Å²) in [7, 11) is 0. The van der Waals surface area contributed by atoms with Crippen LogP contribution < -0.4 is 9.47 Å². The van der Waals surface area contributed by atoms with Gasteiger partial charge in [-0.2, -0.15) is 0 Å². The van der Waals surface area contributed by atoms with Crippen LogP contribution in [0.5, 0.6) is 11.5 Å². The molecule has 160 valence electrons. The monoisotopic (exact) mass is 421 g/mol. The Balaban J connectivity index is 1.23. The molecule has 1 saturated carbocycles. The number of halogens is 1. The Morgan fingerprint density at radius 3 is 2.58 bits per heavy atom. The van der Waals surface area contributed by atoms with Gasteiger partial charge in [0.05, 0.1) is 11.0 Å². The molecule has 2 aromatic carbocycles. The van der Waals surface area contributed by atoms with Gasteiger partial charge in [-0.1, -0.05) is 6.42 Å². The summed E-state index contributed by atoms with van der Waals surface area (Å²) in [6.45, 7) is 1.57. The first-order valence-electron chi connectivity index (χ1n) is 11.0. The lowest BCUT2D eigenvalue weighted by Crippen LogP contribution is -2.39. The predicted molar refractivity (Wildman–Crippen MR) is 113 cm³/mol. The number of carbonyl (C=O) groups is 1. The molecule has 1 saturated heterocycles. The molecule has 0 atom stereocenters. The van der Waals surface area contributed by atoms with Gasteiger partial charge in [0, 0.05) is 36.7 Å². The summed E-state index contributed by atoms with van der Waals surface area (Å²) < 4.78 is 26.9. The Labute approximate surface area is 179 Å². The molecule has 2 fully saturated rings. The summed E-state index contributed by atoms with van der Waals surface area (Å²) in [6, 6.07) is 10.5. The molecule has 0 N–H and O–H groups in total. The van der Waals surface area contributed by atoms with E-state index in [1.807, 2.05) is 11.0 Å². The molecule has 3 aromatic rings. The Bertz CT molecular complexity index is 1160. The van der Waals surface area contributed by atoms with Crippen LogP contribution in [0, 0.1) is 5.82 Å². The van der Waals surface area contributed by atoms with E-state index in [0.717, 1.165) is 42.5 Å². The van der Waals surface area contributed by atoms with Gasteiger partial charge in [-0.25, -0.2) is 9.37 Å². The molecule has 0 bridgehead atoms.